The summed E-state index contributed by atoms with van der Waals surface area (Å²) in [4.78, 5) is 3.60. The number of aliphatic imine (C=N–C) groups is 1. The lowest BCUT2D eigenvalue weighted by Gasteiger charge is -1.98. The molecule has 3 nitrogen and oxygen atoms in total. The van der Waals surface area contributed by atoms with Crippen LogP contribution in [-0.4, -0.2) is 5.96 Å². The van der Waals surface area contributed by atoms with E-state index in [4.69, 9.17) is 11.5 Å². The first-order valence-electron chi connectivity index (χ1n) is 3.45. The third-order valence-corrected chi connectivity index (χ3v) is 1.35. The number of rotatable bonds is 1. The number of halogens is 1. The van der Waals surface area contributed by atoms with Gasteiger partial charge in [-0.3, -0.25) is 0 Å². The Bertz CT molecular complexity index is 316. The molecule has 4 heteroatoms. The van der Waals surface area contributed by atoms with Gasteiger partial charge in [-0.05, 0) is 24.6 Å². The molecule has 0 aromatic heterocycles. The molecule has 0 bridgehead atoms. The van der Waals surface area contributed by atoms with Gasteiger partial charge in [0.15, 0.2) is 5.96 Å². The molecule has 4 N–H and O–H groups in total. The van der Waals surface area contributed by atoms with Crippen molar-refractivity contribution in [2.45, 2.75) is 6.92 Å². The molecule has 0 spiro atoms. The number of nitrogens with two attached hydrogens (primary N) is 2. The molecule has 0 unspecified atom stereocenters. The van der Waals surface area contributed by atoms with Gasteiger partial charge in [0.25, 0.3) is 0 Å². The molecule has 0 amide bonds. The first kappa shape index (κ1) is 8.52. The van der Waals surface area contributed by atoms with E-state index in [9.17, 15) is 4.39 Å². The van der Waals surface area contributed by atoms with Crippen LogP contribution in [0.2, 0.25) is 0 Å². The molecule has 1 aromatic carbocycles. The largest absolute Gasteiger partial charge is 0.370 e. The predicted octanol–water partition coefficient (Wildman–Crippen LogP) is 1.04. The van der Waals surface area contributed by atoms with Crippen LogP contribution in [0.4, 0.5) is 10.1 Å². The summed E-state index contributed by atoms with van der Waals surface area (Å²) < 4.78 is 13.0. The second-order valence-corrected chi connectivity index (χ2v) is 2.49. The number of hydrogen-bond donors (Lipinski definition) is 2. The molecule has 0 aliphatic rings. The molecule has 0 heterocycles. The van der Waals surface area contributed by atoms with E-state index in [1.54, 1.807) is 13.0 Å². The quantitative estimate of drug-likeness (QED) is 0.484. The van der Waals surface area contributed by atoms with E-state index in [0.29, 0.717) is 0 Å². The van der Waals surface area contributed by atoms with Crippen molar-refractivity contribution < 1.29 is 4.39 Å². The summed E-state index contributed by atoms with van der Waals surface area (Å²) in [6.45, 7) is 1.79. The maximum atomic E-state index is 13.0. The molecule has 0 fully saturated rings. The maximum absolute atomic E-state index is 13.0. The highest BCUT2D eigenvalue weighted by atomic mass is 19.1. The highest BCUT2D eigenvalue weighted by Gasteiger charge is 1.99. The molecule has 0 saturated carbocycles. The molecule has 0 radical (unpaired) electrons. The number of nitrogens with zero attached hydrogens (tertiary/aromatic N) is 1. The summed E-state index contributed by atoms with van der Waals surface area (Å²) in [5.74, 6) is -0.554. The minimum atomic E-state index is -0.414. The van der Waals surface area contributed by atoms with E-state index in [1.165, 1.54) is 12.1 Å². The van der Waals surface area contributed by atoms with Crippen LogP contribution in [0, 0.1) is 12.7 Å². The Morgan fingerprint density at radius 2 is 2.08 bits per heavy atom. The number of hydrogen-bond acceptors (Lipinski definition) is 1. The van der Waals surface area contributed by atoms with Crippen molar-refractivity contribution in [2.75, 3.05) is 0 Å². The second-order valence-electron chi connectivity index (χ2n) is 2.49. The Morgan fingerprint density at radius 1 is 1.42 bits per heavy atom. The van der Waals surface area contributed by atoms with Crippen molar-refractivity contribution in [3.8, 4) is 0 Å². The van der Waals surface area contributed by atoms with E-state index in [2.05, 4.69) is 4.99 Å². The van der Waals surface area contributed by atoms with Crippen LogP contribution in [0.25, 0.3) is 0 Å². The SMILES string of the molecule is Cc1ccc(N=C(N)N)c(F)c1. The summed E-state index contributed by atoms with van der Waals surface area (Å²) in [7, 11) is 0. The van der Waals surface area contributed by atoms with Crippen LogP contribution in [0.15, 0.2) is 23.2 Å². The zero-order chi connectivity index (χ0) is 9.14. The smallest absolute Gasteiger partial charge is 0.191 e. The highest BCUT2D eigenvalue weighted by molar-refractivity contribution is 5.79. The minimum Gasteiger partial charge on any atom is -0.370 e. The van der Waals surface area contributed by atoms with Crippen molar-refractivity contribution in [3.05, 3.63) is 29.6 Å². The van der Waals surface area contributed by atoms with E-state index in [1.807, 2.05) is 0 Å². The average molecular weight is 167 g/mol. The molecule has 1 rings (SSSR count). The van der Waals surface area contributed by atoms with Gasteiger partial charge >= 0.3 is 0 Å². The zero-order valence-corrected chi connectivity index (χ0v) is 6.71. The van der Waals surface area contributed by atoms with Crippen molar-refractivity contribution >= 4 is 11.6 Å². The Balaban J connectivity index is 3.10. The zero-order valence-electron chi connectivity index (χ0n) is 6.71. The highest BCUT2D eigenvalue weighted by Crippen LogP contribution is 2.17. The van der Waals surface area contributed by atoms with Crippen LogP contribution >= 0.6 is 0 Å². The normalized spacial score (nSPS) is 9.50. The van der Waals surface area contributed by atoms with Gasteiger partial charge in [-0.2, -0.15) is 0 Å². The van der Waals surface area contributed by atoms with Gasteiger partial charge < -0.3 is 11.5 Å². The second kappa shape index (κ2) is 3.21. The molecule has 0 aliphatic heterocycles. The Labute approximate surface area is 69.9 Å². The molecule has 64 valence electrons. The van der Waals surface area contributed by atoms with Crippen LogP contribution in [-0.2, 0) is 0 Å². The molecular formula is C8H10FN3. The van der Waals surface area contributed by atoms with Crippen molar-refractivity contribution in [1.29, 1.82) is 0 Å². The van der Waals surface area contributed by atoms with E-state index >= 15 is 0 Å². The number of aryl methyl sites for hydroxylation is 1. The monoisotopic (exact) mass is 167 g/mol. The van der Waals surface area contributed by atoms with Gasteiger partial charge in [-0.1, -0.05) is 6.07 Å². The fourth-order valence-corrected chi connectivity index (χ4v) is 0.842. The van der Waals surface area contributed by atoms with Gasteiger partial charge in [0.1, 0.15) is 11.5 Å². The molecule has 0 atom stereocenters. The first-order chi connectivity index (χ1) is 5.59. The fourth-order valence-electron chi connectivity index (χ4n) is 0.842. The molecule has 0 aliphatic carbocycles. The van der Waals surface area contributed by atoms with Crippen molar-refractivity contribution in [3.63, 3.8) is 0 Å². The van der Waals surface area contributed by atoms with Crippen molar-refractivity contribution in [2.24, 2.45) is 16.5 Å². The summed E-state index contributed by atoms with van der Waals surface area (Å²) in [5.41, 5.74) is 11.2. The van der Waals surface area contributed by atoms with Crippen LogP contribution in [0.1, 0.15) is 5.56 Å². The predicted molar refractivity (Wildman–Crippen MR) is 46.6 cm³/mol. The lowest BCUT2D eigenvalue weighted by atomic mass is 10.2. The number of benzene rings is 1. The standard InChI is InChI=1S/C8H10FN3/c1-5-2-3-7(6(9)4-5)12-8(10)11/h2-4H,1H3,(H4,10,11,12). The lowest BCUT2D eigenvalue weighted by molar-refractivity contribution is 0.628. The summed E-state index contributed by atoms with van der Waals surface area (Å²) in [6, 6.07) is 4.65. The van der Waals surface area contributed by atoms with E-state index in [0.717, 1.165) is 5.56 Å². The summed E-state index contributed by atoms with van der Waals surface area (Å²) in [6.07, 6.45) is 0. The molecular weight excluding hydrogens is 157 g/mol. The summed E-state index contributed by atoms with van der Waals surface area (Å²) >= 11 is 0. The Hall–Kier alpha value is -1.58. The van der Waals surface area contributed by atoms with Gasteiger partial charge in [-0.25, -0.2) is 9.38 Å². The molecule has 0 saturated heterocycles. The van der Waals surface area contributed by atoms with Crippen LogP contribution in [0.5, 0.6) is 0 Å². The lowest BCUT2D eigenvalue weighted by Crippen LogP contribution is -2.22. The summed E-state index contributed by atoms with van der Waals surface area (Å²) in [5, 5.41) is 0. The van der Waals surface area contributed by atoms with Crippen molar-refractivity contribution in [1.82, 2.24) is 0 Å². The van der Waals surface area contributed by atoms with E-state index in [-0.39, 0.29) is 11.6 Å². The molecule has 12 heavy (non-hydrogen) atoms. The van der Waals surface area contributed by atoms with Gasteiger partial charge in [0, 0.05) is 0 Å². The van der Waals surface area contributed by atoms with E-state index < -0.39 is 5.82 Å². The Morgan fingerprint density at radius 3 is 2.58 bits per heavy atom. The minimum absolute atomic E-state index is 0.141. The first-order valence-corrected chi connectivity index (χ1v) is 3.45. The average Bonchev–Trinajstić information content (AvgIpc) is 1.94. The van der Waals surface area contributed by atoms with Crippen LogP contribution in [0.3, 0.4) is 0 Å². The maximum Gasteiger partial charge on any atom is 0.191 e. The third kappa shape index (κ3) is 1.95. The topological polar surface area (TPSA) is 64.4 Å². The number of guanidine groups is 1. The van der Waals surface area contributed by atoms with Gasteiger partial charge in [-0.15, -0.1) is 0 Å². The Kier molecular flexibility index (Phi) is 2.28. The fraction of sp³-hybridized carbons (Fsp3) is 0.125. The third-order valence-electron chi connectivity index (χ3n) is 1.35. The molecule has 1 aromatic rings. The van der Waals surface area contributed by atoms with Gasteiger partial charge in [0.05, 0.1) is 0 Å². The van der Waals surface area contributed by atoms with Crippen LogP contribution < -0.4 is 11.5 Å². The van der Waals surface area contributed by atoms with Gasteiger partial charge in [0.2, 0.25) is 0 Å².